The van der Waals surface area contributed by atoms with Gasteiger partial charge in [0.15, 0.2) is 0 Å². The lowest BCUT2D eigenvalue weighted by Gasteiger charge is -2.29. The third-order valence-electron chi connectivity index (χ3n) is 5.04. The minimum atomic E-state index is -0.342. The van der Waals surface area contributed by atoms with Crippen LogP contribution in [0.2, 0.25) is 0 Å². The number of hydrogen-bond donors (Lipinski definition) is 2. The van der Waals surface area contributed by atoms with Crippen LogP contribution in [0.25, 0.3) is 0 Å². The molecule has 1 aliphatic rings. The van der Waals surface area contributed by atoms with Crippen LogP contribution in [0.15, 0.2) is 71.3 Å². The Bertz CT molecular complexity index is 1110. The molecular weight excluding hydrogens is 410 g/mol. The highest BCUT2D eigenvalue weighted by Gasteiger charge is 2.23. The molecule has 32 heavy (non-hydrogen) atoms. The van der Waals surface area contributed by atoms with Gasteiger partial charge in [0.2, 0.25) is 11.8 Å². The first-order valence-electron chi connectivity index (χ1n) is 10.3. The van der Waals surface area contributed by atoms with Gasteiger partial charge in [0.05, 0.1) is 36.3 Å². The van der Waals surface area contributed by atoms with E-state index >= 15 is 0 Å². The van der Waals surface area contributed by atoms with Crippen molar-refractivity contribution in [3.63, 3.8) is 0 Å². The summed E-state index contributed by atoms with van der Waals surface area (Å²) >= 11 is 0. The van der Waals surface area contributed by atoms with Crippen molar-refractivity contribution in [1.29, 1.82) is 0 Å². The van der Waals surface area contributed by atoms with Gasteiger partial charge in [-0.25, -0.2) is 0 Å². The van der Waals surface area contributed by atoms with Crippen molar-refractivity contribution < 1.29 is 23.5 Å². The van der Waals surface area contributed by atoms with Crippen LogP contribution in [0, 0.1) is 0 Å². The molecule has 3 amide bonds. The number of rotatable bonds is 7. The van der Waals surface area contributed by atoms with Crippen molar-refractivity contribution in [3.8, 4) is 5.75 Å². The van der Waals surface area contributed by atoms with Crippen LogP contribution in [-0.2, 0) is 16.1 Å². The summed E-state index contributed by atoms with van der Waals surface area (Å²) in [5.74, 6) is 0.457. The van der Waals surface area contributed by atoms with Gasteiger partial charge in [0, 0.05) is 12.8 Å². The summed E-state index contributed by atoms with van der Waals surface area (Å²) in [6.07, 6.45) is 1.58. The Kier molecular flexibility index (Phi) is 6.50. The largest absolute Gasteiger partial charge is 0.490 e. The van der Waals surface area contributed by atoms with Gasteiger partial charge in [-0.15, -0.1) is 0 Å². The second kappa shape index (κ2) is 9.82. The number of nitrogens with zero attached hydrogens (tertiary/aromatic N) is 1. The van der Waals surface area contributed by atoms with Crippen molar-refractivity contribution in [2.75, 3.05) is 23.4 Å². The molecule has 2 heterocycles. The first-order valence-corrected chi connectivity index (χ1v) is 10.3. The molecule has 3 aromatic rings. The molecule has 0 bridgehead atoms. The van der Waals surface area contributed by atoms with E-state index in [0.29, 0.717) is 41.6 Å². The predicted molar refractivity (Wildman–Crippen MR) is 118 cm³/mol. The maximum atomic E-state index is 12.7. The van der Waals surface area contributed by atoms with E-state index in [1.54, 1.807) is 41.3 Å². The number of carbonyl (C=O) groups is 3. The molecule has 8 nitrogen and oxygen atoms in total. The van der Waals surface area contributed by atoms with Gasteiger partial charge >= 0.3 is 0 Å². The smallest absolute Gasteiger partial charge is 0.253 e. The Balaban J connectivity index is 1.34. The number of fused-ring (bicyclic) bond motifs is 1. The van der Waals surface area contributed by atoms with Gasteiger partial charge in [-0.05, 0) is 36.4 Å². The molecule has 2 N–H and O–H groups in total. The summed E-state index contributed by atoms with van der Waals surface area (Å²) in [7, 11) is 0. The molecule has 0 unspecified atom stereocenters. The van der Waals surface area contributed by atoms with E-state index in [2.05, 4.69) is 10.6 Å². The first kappa shape index (κ1) is 21.2. The van der Waals surface area contributed by atoms with Crippen LogP contribution >= 0.6 is 0 Å². The van der Waals surface area contributed by atoms with E-state index in [-0.39, 0.29) is 37.1 Å². The van der Waals surface area contributed by atoms with Gasteiger partial charge in [-0.2, -0.15) is 0 Å². The van der Waals surface area contributed by atoms with Gasteiger partial charge in [0.1, 0.15) is 18.1 Å². The fourth-order valence-corrected chi connectivity index (χ4v) is 3.46. The van der Waals surface area contributed by atoms with Crippen molar-refractivity contribution >= 4 is 29.1 Å². The Morgan fingerprint density at radius 2 is 1.75 bits per heavy atom. The number of benzene rings is 2. The van der Waals surface area contributed by atoms with Crippen LogP contribution in [0.3, 0.4) is 0 Å². The highest BCUT2D eigenvalue weighted by Crippen LogP contribution is 2.31. The molecular formula is C24H23N3O5. The molecule has 0 aliphatic carbocycles. The second-order valence-electron chi connectivity index (χ2n) is 7.22. The summed E-state index contributed by atoms with van der Waals surface area (Å²) in [5.41, 5.74) is 1.43. The predicted octanol–water partition coefficient (Wildman–Crippen LogP) is 3.35. The summed E-state index contributed by atoms with van der Waals surface area (Å²) in [6, 6.07) is 17.6. The standard InChI is InChI=1S/C24H23N3O5/c28-22(11-12-23(29)27-13-15-32-21-10-4-3-9-20(21)27)26-19-8-2-1-7-18(19)24(30)25-16-17-6-5-14-31-17/h1-10,14H,11-13,15-16H2,(H,25,30)(H,26,28). The van der Waals surface area contributed by atoms with Crippen molar-refractivity contribution in [1.82, 2.24) is 5.32 Å². The van der Waals surface area contributed by atoms with E-state index in [0.717, 1.165) is 0 Å². The van der Waals surface area contributed by atoms with Crippen LogP contribution < -0.4 is 20.3 Å². The number of para-hydroxylation sites is 3. The number of hydrogen-bond acceptors (Lipinski definition) is 5. The summed E-state index contributed by atoms with van der Waals surface area (Å²) in [5, 5.41) is 5.50. The molecule has 1 aromatic heterocycles. The number of nitrogens with one attached hydrogen (secondary N) is 2. The number of anilines is 2. The zero-order chi connectivity index (χ0) is 22.3. The fourth-order valence-electron chi connectivity index (χ4n) is 3.46. The highest BCUT2D eigenvalue weighted by atomic mass is 16.5. The van der Waals surface area contributed by atoms with Gasteiger partial charge in [-0.3, -0.25) is 14.4 Å². The molecule has 8 heteroatoms. The molecule has 0 spiro atoms. The fraction of sp³-hybridized carbons (Fsp3) is 0.208. The zero-order valence-corrected chi connectivity index (χ0v) is 17.4. The molecule has 164 valence electrons. The normalized spacial score (nSPS) is 12.4. The average Bonchev–Trinajstić information content (AvgIpc) is 3.35. The summed E-state index contributed by atoms with van der Waals surface area (Å²) in [4.78, 5) is 39.4. The molecule has 2 aromatic carbocycles. The highest BCUT2D eigenvalue weighted by molar-refractivity contribution is 6.04. The van der Waals surface area contributed by atoms with E-state index in [4.69, 9.17) is 9.15 Å². The van der Waals surface area contributed by atoms with Gasteiger partial charge in [-0.1, -0.05) is 24.3 Å². The SMILES string of the molecule is O=C(CCC(=O)N1CCOc2ccccc21)Nc1ccccc1C(=O)NCc1ccco1. The quantitative estimate of drug-likeness (QED) is 0.595. The molecule has 0 atom stereocenters. The molecule has 0 fully saturated rings. The molecule has 1 aliphatic heterocycles. The second-order valence-corrected chi connectivity index (χ2v) is 7.22. The topological polar surface area (TPSA) is 101 Å². The minimum absolute atomic E-state index is 0.000700. The van der Waals surface area contributed by atoms with Crippen molar-refractivity contribution in [2.24, 2.45) is 0 Å². The lowest BCUT2D eigenvalue weighted by atomic mass is 10.1. The lowest BCUT2D eigenvalue weighted by molar-refractivity contribution is -0.122. The Hall–Kier alpha value is -4.07. The van der Waals surface area contributed by atoms with Crippen LogP contribution in [0.1, 0.15) is 29.0 Å². The molecule has 0 saturated heterocycles. The van der Waals surface area contributed by atoms with E-state index in [1.165, 1.54) is 6.26 Å². The van der Waals surface area contributed by atoms with Crippen LogP contribution in [-0.4, -0.2) is 30.9 Å². The lowest BCUT2D eigenvalue weighted by Crippen LogP contribution is -2.38. The number of ether oxygens (including phenoxy) is 1. The first-order chi connectivity index (χ1) is 15.6. The van der Waals surface area contributed by atoms with Crippen molar-refractivity contribution in [3.05, 3.63) is 78.3 Å². The Morgan fingerprint density at radius 1 is 0.938 bits per heavy atom. The minimum Gasteiger partial charge on any atom is -0.490 e. The molecule has 0 saturated carbocycles. The third-order valence-corrected chi connectivity index (χ3v) is 5.04. The zero-order valence-electron chi connectivity index (χ0n) is 17.4. The van der Waals surface area contributed by atoms with E-state index in [1.807, 2.05) is 24.3 Å². The Morgan fingerprint density at radius 3 is 2.59 bits per heavy atom. The van der Waals surface area contributed by atoms with Gasteiger partial charge in [0.25, 0.3) is 5.91 Å². The van der Waals surface area contributed by atoms with Crippen molar-refractivity contribution in [2.45, 2.75) is 19.4 Å². The summed E-state index contributed by atoms with van der Waals surface area (Å²) in [6.45, 7) is 1.09. The maximum absolute atomic E-state index is 12.7. The summed E-state index contributed by atoms with van der Waals surface area (Å²) < 4.78 is 10.8. The number of amides is 3. The molecule has 0 radical (unpaired) electrons. The van der Waals surface area contributed by atoms with Crippen LogP contribution in [0.5, 0.6) is 5.75 Å². The van der Waals surface area contributed by atoms with E-state index in [9.17, 15) is 14.4 Å². The number of furan rings is 1. The third kappa shape index (κ3) is 4.97. The molecule has 4 rings (SSSR count). The maximum Gasteiger partial charge on any atom is 0.253 e. The monoisotopic (exact) mass is 433 g/mol. The average molecular weight is 433 g/mol. The van der Waals surface area contributed by atoms with Crippen LogP contribution in [0.4, 0.5) is 11.4 Å². The van der Waals surface area contributed by atoms with E-state index < -0.39 is 0 Å². The van der Waals surface area contributed by atoms with Gasteiger partial charge < -0.3 is 24.7 Å². The Labute approximate surface area is 185 Å². The number of carbonyl (C=O) groups excluding carboxylic acids is 3.